The number of allylic oxidation sites excluding steroid dienone is 2. The highest BCUT2D eigenvalue weighted by molar-refractivity contribution is 5.73. The normalized spacial score (nSPS) is 55.9. The first-order valence-electron chi connectivity index (χ1n) is 24.3. The summed E-state index contributed by atoms with van der Waals surface area (Å²) in [5, 5.41) is 120. The zero-order valence-corrected chi connectivity index (χ0v) is 39.7. The smallest absolute Gasteiger partial charge is 0.335 e. The van der Waals surface area contributed by atoms with Gasteiger partial charge in [-0.1, -0.05) is 60.1 Å². The van der Waals surface area contributed by atoms with Crippen molar-refractivity contribution in [3.63, 3.8) is 0 Å². The van der Waals surface area contributed by atoms with Gasteiger partial charge in [-0.25, -0.2) is 4.79 Å². The number of aliphatic carboxylic acids is 1. The second-order valence-corrected chi connectivity index (χ2v) is 23.6. The van der Waals surface area contributed by atoms with Crippen LogP contribution in [-0.4, -0.2) is 180 Å². The van der Waals surface area contributed by atoms with E-state index in [1.165, 1.54) is 12.5 Å². The van der Waals surface area contributed by atoms with Gasteiger partial charge >= 0.3 is 5.97 Å². The quantitative estimate of drug-likeness (QED) is 0.112. The van der Waals surface area contributed by atoms with Gasteiger partial charge in [-0.2, -0.15) is 0 Å². The molecule has 25 atom stereocenters. The summed E-state index contributed by atoms with van der Waals surface area (Å²) in [6.45, 7) is 16.4. The third kappa shape index (κ3) is 7.78. The SMILES string of the molecule is C[C@@H]1O[C@H](O[C@@H]2[C@@H](O[C@@H]3[C@@H](O)[C@H](O)[C@@H](O[C@H]4CC[C@@]5(C)[C@@H](CC[C@]6(C)[C@@H]5CC=C5[C@@H]7CC(C)(C)C[C@@H](O)[C@]7(C)CC[C@]56C)[C@@]4(C)CO)O[C@H]3C(=O)O)O[C@@H](CO)[C@H](O)[C@H]2O)[C@@H](O)[C@H](O)[C@H]1O. The third-order valence-corrected chi connectivity index (χ3v) is 19.5. The van der Waals surface area contributed by atoms with Gasteiger partial charge in [0.25, 0.3) is 0 Å². The lowest BCUT2D eigenvalue weighted by molar-refractivity contribution is -0.388. The predicted molar refractivity (Wildman–Crippen MR) is 231 cm³/mol. The van der Waals surface area contributed by atoms with Gasteiger partial charge in [-0.15, -0.1) is 0 Å². The Morgan fingerprint density at radius 2 is 1.30 bits per heavy atom. The molecule has 0 aromatic rings. The summed E-state index contributed by atoms with van der Waals surface area (Å²) in [6.07, 6.45) is -17.5. The highest BCUT2D eigenvalue weighted by Crippen LogP contribution is 2.76. The van der Waals surface area contributed by atoms with E-state index < -0.39 is 116 Å². The standard InChI is InChI=1S/C48H78O18/c1-21-29(52)31(54)34(57)40(61-21)65-37-32(55)30(53)24(19-49)62-42(37)64-36-33(56)35(58)41(66-38(36)39(59)60)63-28-12-13-45(5)25(46(28,6)20-50)11-14-48(8)26(45)10-9-22-23-17-43(2,3)18-27(51)44(23,4)15-16-47(22,48)7/h9,21,23-38,40-42,49-58H,10-20H2,1-8H3,(H,59,60)/t21-,23-,24-,25+,26+,27+,28-,29-,30-,31+,32+,33-,34-,35-,36+,37-,38+,40+,41-,42+,44+,45-,46+,47+,48+/m0/s1. The van der Waals surface area contributed by atoms with Crippen molar-refractivity contribution in [2.75, 3.05) is 13.2 Å². The van der Waals surface area contributed by atoms with Crippen molar-refractivity contribution in [3.8, 4) is 0 Å². The van der Waals surface area contributed by atoms with E-state index in [1.54, 1.807) is 0 Å². The first kappa shape index (κ1) is 50.9. The number of ether oxygens (including phenoxy) is 6. The Bertz CT molecular complexity index is 1820. The number of carboxylic acids is 1. The maximum atomic E-state index is 12.9. The highest BCUT2D eigenvalue weighted by atomic mass is 16.8. The maximum Gasteiger partial charge on any atom is 0.335 e. The number of hydrogen-bond acceptors (Lipinski definition) is 17. The van der Waals surface area contributed by atoms with Crippen LogP contribution >= 0.6 is 0 Å². The van der Waals surface area contributed by atoms with Gasteiger partial charge in [0.2, 0.25) is 0 Å². The molecule has 3 saturated heterocycles. The molecule has 0 unspecified atom stereocenters. The second kappa shape index (κ2) is 17.7. The maximum absolute atomic E-state index is 12.9. The lowest BCUT2D eigenvalue weighted by atomic mass is 9.33. The Kier molecular flexibility index (Phi) is 13.7. The largest absolute Gasteiger partial charge is 0.479 e. The van der Waals surface area contributed by atoms with Crippen LogP contribution < -0.4 is 0 Å². The van der Waals surface area contributed by atoms with Crippen molar-refractivity contribution in [3.05, 3.63) is 11.6 Å². The van der Waals surface area contributed by atoms with Crippen LogP contribution in [-0.2, 0) is 33.2 Å². The Morgan fingerprint density at radius 1 is 0.667 bits per heavy atom. The molecule has 5 aliphatic carbocycles. The Labute approximate surface area is 387 Å². The van der Waals surface area contributed by atoms with Crippen LogP contribution in [0.1, 0.15) is 113 Å². The van der Waals surface area contributed by atoms with Crippen LogP contribution in [0.2, 0.25) is 0 Å². The first-order chi connectivity index (χ1) is 30.7. The van der Waals surface area contributed by atoms with Gasteiger partial charge in [-0.05, 0) is 104 Å². The number of carbonyl (C=O) groups is 1. The topological polar surface area (TPSA) is 295 Å². The second-order valence-electron chi connectivity index (χ2n) is 23.6. The molecule has 3 aliphatic heterocycles. The summed E-state index contributed by atoms with van der Waals surface area (Å²) in [4.78, 5) is 12.9. The fourth-order valence-corrected chi connectivity index (χ4v) is 15.1. The molecule has 11 N–H and O–H groups in total. The summed E-state index contributed by atoms with van der Waals surface area (Å²) >= 11 is 0. The summed E-state index contributed by atoms with van der Waals surface area (Å²) in [5.74, 6) is -1.09. The van der Waals surface area contributed by atoms with Crippen molar-refractivity contribution in [2.45, 2.75) is 218 Å². The van der Waals surface area contributed by atoms with Crippen molar-refractivity contribution in [2.24, 2.45) is 50.2 Å². The minimum Gasteiger partial charge on any atom is -0.479 e. The molecule has 0 aromatic heterocycles. The van der Waals surface area contributed by atoms with Crippen molar-refractivity contribution in [1.29, 1.82) is 0 Å². The predicted octanol–water partition coefficient (Wildman–Crippen LogP) is 0.705. The van der Waals surface area contributed by atoms with Crippen LogP contribution in [0.5, 0.6) is 0 Å². The molecule has 7 fully saturated rings. The van der Waals surface area contributed by atoms with Gasteiger partial charge < -0.3 is 84.6 Å². The third-order valence-electron chi connectivity index (χ3n) is 19.5. The minimum atomic E-state index is -2.03. The number of aliphatic hydroxyl groups excluding tert-OH is 10. The number of carboxylic acid groups (broad SMARTS) is 1. The molecule has 378 valence electrons. The van der Waals surface area contributed by atoms with Crippen LogP contribution in [0, 0.1) is 50.2 Å². The first-order valence-corrected chi connectivity index (χ1v) is 24.3. The summed E-state index contributed by atoms with van der Waals surface area (Å²) in [5.41, 5.74) is 0.143. The number of fused-ring (bicyclic) bond motifs is 7. The van der Waals surface area contributed by atoms with Gasteiger partial charge in [0, 0.05) is 10.8 Å². The van der Waals surface area contributed by atoms with Gasteiger partial charge in [0.1, 0.15) is 61.0 Å². The molecular formula is C48H78O18. The van der Waals surface area contributed by atoms with Gasteiger partial charge in [-0.3, -0.25) is 0 Å². The fraction of sp³-hybridized carbons (Fsp3) is 0.938. The lowest BCUT2D eigenvalue weighted by Crippen LogP contribution is -2.68. The number of hydrogen-bond donors (Lipinski definition) is 11. The summed E-state index contributed by atoms with van der Waals surface area (Å²) in [7, 11) is 0. The molecule has 66 heavy (non-hydrogen) atoms. The molecule has 18 heteroatoms. The fourth-order valence-electron chi connectivity index (χ4n) is 15.1. The summed E-state index contributed by atoms with van der Waals surface area (Å²) in [6, 6.07) is 0. The molecule has 0 aromatic carbocycles. The Morgan fingerprint density at radius 3 is 1.95 bits per heavy atom. The highest BCUT2D eigenvalue weighted by Gasteiger charge is 2.70. The number of rotatable bonds is 9. The number of aliphatic hydroxyl groups is 10. The lowest BCUT2D eigenvalue weighted by Gasteiger charge is -2.72. The van der Waals surface area contributed by atoms with E-state index in [0.29, 0.717) is 12.3 Å². The van der Waals surface area contributed by atoms with Crippen molar-refractivity contribution < 1.29 is 89.4 Å². The van der Waals surface area contributed by atoms with E-state index in [1.807, 2.05) is 6.92 Å². The zero-order chi connectivity index (χ0) is 48.4. The van der Waals surface area contributed by atoms with Crippen LogP contribution in [0.15, 0.2) is 11.6 Å². The molecular weight excluding hydrogens is 865 g/mol. The van der Waals surface area contributed by atoms with E-state index in [2.05, 4.69) is 47.6 Å². The average Bonchev–Trinajstić information content (AvgIpc) is 3.25. The van der Waals surface area contributed by atoms with Crippen molar-refractivity contribution >= 4 is 5.97 Å². The molecule has 3 heterocycles. The van der Waals surface area contributed by atoms with E-state index in [-0.39, 0.29) is 51.6 Å². The molecule has 0 spiro atoms. The van der Waals surface area contributed by atoms with Gasteiger partial charge in [0.05, 0.1) is 31.5 Å². The molecule has 8 aliphatic rings. The van der Waals surface area contributed by atoms with Crippen molar-refractivity contribution in [1.82, 2.24) is 0 Å². The molecule has 18 nitrogen and oxygen atoms in total. The van der Waals surface area contributed by atoms with E-state index in [9.17, 15) is 61.0 Å². The Hall–Kier alpha value is -1.43. The molecule has 0 radical (unpaired) electrons. The van der Waals surface area contributed by atoms with E-state index in [4.69, 9.17) is 28.4 Å². The molecule has 0 amide bonds. The van der Waals surface area contributed by atoms with Crippen LogP contribution in [0.4, 0.5) is 0 Å². The van der Waals surface area contributed by atoms with E-state index >= 15 is 0 Å². The zero-order valence-electron chi connectivity index (χ0n) is 39.7. The average molecular weight is 943 g/mol. The molecule has 4 saturated carbocycles. The Balaban J connectivity index is 1.01. The minimum absolute atomic E-state index is 0.0300. The van der Waals surface area contributed by atoms with Crippen LogP contribution in [0.25, 0.3) is 0 Å². The molecule has 0 bridgehead atoms. The monoisotopic (exact) mass is 943 g/mol. The van der Waals surface area contributed by atoms with E-state index in [0.717, 1.165) is 51.4 Å². The van der Waals surface area contributed by atoms with Gasteiger partial charge in [0.15, 0.2) is 25.0 Å². The molecule has 8 rings (SSSR count). The van der Waals surface area contributed by atoms with Crippen LogP contribution in [0.3, 0.4) is 0 Å². The summed E-state index contributed by atoms with van der Waals surface area (Å²) < 4.78 is 35.4.